The molecule has 1 fully saturated rings. The number of nitrogens with zero attached hydrogens (tertiary/aromatic N) is 1. The highest BCUT2D eigenvalue weighted by Crippen LogP contribution is 2.39. The maximum atomic E-state index is 13.1. The van der Waals surface area contributed by atoms with Crippen LogP contribution in [0.5, 0.6) is 0 Å². The molecule has 0 saturated heterocycles. The summed E-state index contributed by atoms with van der Waals surface area (Å²) >= 11 is 1.22. The molecule has 1 aliphatic rings. The first kappa shape index (κ1) is 19.9. The summed E-state index contributed by atoms with van der Waals surface area (Å²) in [5.41, 5.74) is 0.238. The van der Waals surface area contributed by atoms with Gasteiger partial charge in [0.2, 0.25) is 5.91 Å². The molecule has 0 unspecified atom stereocenters. The largest absolute Gasteiger partial charge is 0.477 e. The Hall–Kier alpha value is -1.40. The maximum absolute atomic E-state index is 13.1. The second kappa shape index (κ2) is 7.87. The smallest absolute Gasteiger partial charge is 0.348 e. The zero-order valence-electron chi connectivity index (χ0n) is 15.5. The van der Waals surface area contributed by atoms with Gasteiger partial charge in [-0.2, -0.15) is 0 Å². The van der Waals surface area contributed by atoms with Gasteiger partial charge < -0.3 is 15.1 Å². The lowest BCUT2D eigenvalue weighted by atomic mass is 9.82. The van der Waals surface area contributed by atoms with Gasteiger partial charge in [-0.25, -0.2) is 4.79 Å². The Morgan fingerprint density at radius 1 is 1.24 bits per heavy atom. The number of carbonyl (C=O) groups excluding carboxylic acids is 1. The van der Waals surface area contributed by atoms with Crippen molar-refractivity contribution < 1.29 is 19.8 Å². The molecule has 1 amide bonds. The molecule has 25 heavy (non-hydrogen) atoms. The van der Waals surface area contributed by atoms with Gasteiger partial charge in [-0.3, -0.25) is 4.79 Å². The highest BCUT2D eigenvalue weighted by atomic mass is 32.1. The lowest BCUT2D eigenvalue weighted by molar-refractivity contribution is -0.123. The van der Waals surface area contributed by atoms with E-state index in [9.17, 15) is 19.8 Å². The molecule has 1 heterocycles. The maximum Gasteiger partial charge on any atom is 0.348 e. The molecule has 2 N–H and O–H groups in total. The Morgan fingerprint density at radius 3 is 2.32 bits per heavy atom. The summed E-state index contributed by atoms with van der Waals surface area (Å²) in [5.74, 6) is -0.522. The van der Waals surface area contributed by atoms with Gasteiger partial charge in [-0.15, -0.1) is 11.3 Å². The molecule has 0 aliphatic heterocycles. The van der Waals surface area contributed by atoms with Gasteiger partial charge in [0.15, 0.2) is 0 Å². The van der Waals surface area contributed by atoms with Crippen molar-refractivity contribution in [1.29, 1.82) is 0 Å². The minimum absolute atomic E-state index is 0.0540. The first-order valence-electron chi connectivity index (χ1n) is 8.95. The molecule has 0 spiro atoms. The SMILES string of the molecule is CC(C)(C)c1cc(N(CCO)C(=O)[C@H]2CC[C@H](C)CC2)c(C(=O)O)s1. The van der Waals surface area contributed by atoms with Crippen LogP contribution in [-0.2, 0) is 10.2 Å². The Labute approximate surface area is 153 Å². The summed E-state index contributed by atoms with van der Waals surface area (Å²) in [6, 6.07) is 1.81. The number of hydrogen-bond donors (Lipinski definition) is 2. The molecule has 1 aliphatic carbocycles. The summed E-state index contributed by atoms with van der Waals surface area (Å²) in [7, 11) is 0. The van der Waals surface area contributed by atoms with Crippen molar-refractivity contribution >= 4 is 28.9 Å². The summed E-state index contributed by atoms with van der Waals surface area (Å²) in [6.07, 6.45) is 3.71. The van der Waals surface area contributed by atoms with Crippen LogP contribution in [0.3, 0.4) is 0 Å². The molecule has 0 bridgehead atoms. The van der Waals surface area contributed by atoms with Gasteiger partial charge in [-0.05, 0) is 43.1 Å². The standard InChI is InChI=1S/C19H29NO4S/c1-12-5-7-13(8-6-12)17(22)20(9-10-21)14-11-15(19(2,3)4)25-16(14)18(23)24/h11-13,21H,5-10H2,1-4H3,(H,23,24)/t12-,13-. The minimum Gasteiger partial charge on any atom is -0.477 e. The van der Waals surface area contributed by atoms with Crippen LogP contribution in [0.25, 0.3) is 0 Å². The summed E-state index contributed by atoms with van der Waals surface area (Å²) < 4.78 is 0. The van der Waals surface area contributed by atoms with Crippen molar-refractivity contribution in [2.24, 2.45) is 11.8 Å². The average molecular weight is 368 g/mol. The lowest BCUT2D eigenvalue weighted by Gasteiger charge is -2.30. The van der Waals surface area contributed by atoms with Crippen LogP contribution in [-0.4, -0.2) is 35.2 Å². The average Bonchev–Trinajstić information content (AvgIpc) is 2.98. The number of anilines is 1. The fraction of sp³-hybridized carbons (Fsp3) is 0.684. The van der Waals surface area contributed by atoms with Crippen LogP contribution < -0.4 is 4.90 Å². The number of amides is 1. The van der Waals surface area contributed by atoms with Crippen LogP contribution in [0.2, 0.25) is 0 Å². The van der Waals surface area contributed by atoms with E-state index >= 15 is 0 Å². The number of aromatic carboxylic acids is 1. The second-order valence-electron chi connectivity index (χ2n) is 8.05. The number of carbonyl (C=O) groups is 2. The van der Waals surface area contributed by atoms with E-state index < -0.39 is 5.97 Å². The quantitative estimate of drug-likeness (QED) is 0.827. The number of carboxylic acids is 1. The number of thiophene rings is 1. The third-order valence-corrected chi connectivity index (χ3v) is 6.43. The highest BCUT2D eigenvalue weighted by Gasteiger charge is 2.32. The fourth-order valence-electron chi connectivity index (χ4n) is 3.28. The number of hydrogen-bond acceptors (Lipinski definition) is 4. The zero-order chi connectivity index (χ0) is 18.8. The molecule has 140 valence electrons. The van der Waals surface area contributed by atoms with E-state index in [4.69, 9.17) is 0 Å². The van der Waals surface area contributed by atoms with Crippen LogP contribution in [0.15, 0.2) is 6.07 Å². The molecule has 1 aromatic heterocycles. The number of rotatable bonds is 5. The van der Waals surface area contributed by atoms with Crippen molar-refractivity contribution in [3.8, 4) is 0 Å². The normalized spacial score (nSPS) is 21.2. The lowest BCUT2D eigenvalue weighted by Crippen LogP contribution is -2.40. The molecule has 5 nitrogen and oxygen atoms in total. The van der Waals surface area contributed by atoms with E-state index in [0.29, 0.717) is 11.6 Å². The number of aliphatic hydroxyl groups is 1. The van der Waals surface area contributed by atoms with Gasteiger partial charge in [0.1, 0.15) is 4.88 Å². The fourth-order valence-corrected chi connectivity index (χ4v) is 4.34. The van der Waals surface area contributed by atoms with E-state index in [2.05, 4.69) is 6.92 Å². The molecule has 0 atom stereocenters. The first-order valence-corrected chi connectivity index (χ1v) is 9.76. The molecule has 0 radical (unpaired) electrons. The van der Waals surface area contributed by atoms with Crippen molar-refractivity contribution in [1.82, 2.24) is 0 Å². The van der Waals surface area contributed by atoms with Gasteiger partial charge in [0.25, 0.3) is 0 Å². The van der Waals surface area contributed by atoms with Crippen molar-refractivity contribution in [2.45, 2.75) is 58.8 Å². The monoisotopic (exact) mass is 367 g/mol. The van der Waals surface area contributed by atoms with E-state index in [1.807, 2.05) is 26.8 Å². The van der Waals surface area contributed by atoms with Crippen molar-refractivity contribution in [3.63, 3.8) is 0 Å². The van der Waals surface area contributed by atoms with Crippen LogP contribution >= 0.6 is 11.3 Å². The van der Waals surface area contributed by atoms with E-state index in [1.165, 1.54) is 16.2 Å². The predicted molar refractivity (Wildman–Crippen MR) is 101 cm³/mol. The molecule has 0 aromatic carbocycles. The summed E-state index contributed by atoms with van der Waals surface area (Å²) in [4.78, 5) is 27.4. The van der Waals surface area contributed by atoms with Crippen LogP contribution in [0.4, 0.5) is 5.69 Å². The minimum atomic E-state index is -1.02. The zero-order valence-corrected chi connectivity index (χ0v) is 16.4. The third kappa shape index (κ3) is 4.61. The molecular weight excluding hydrogens is 338 g/mol. The van der Waals surface area contributed by atoms with Crippen LogP contribution in [0.1, 0.15) is 67.9 Å². The summed E-state index contributed by atoms with van der Waals surface area (Å²) in [6.45, 7) is 8.21. The number of carboxylic acid groups (broad SMARTS) is 1. The molecule has 2 rings (SSSR count). The van der Waals surface area contributed by atoms with Gasteiger partial charge >= 0.3 is 5.97 Å². The van der Waals surface area contributed by atoms with Crippen molar-refractivity contribution in [2.75, 3.05) is 18.1 Å². The topological polar surface area (TPSA) is 77.8 Å². The van der Waals surface area contributed by atoms with Gasteiger partial charge in [0.05, 0.1) is 12.3 Å². The molecule has 6 heteroatoms. The molecular formula is C19H29NO4S. The third-order valence-electron chi connectivity index (χ3n) is 4.89. The van der Waals surface area contributed by atoms with E-state index in [0.717, 1.165) is 30.6 Å². The van der Waals surface area contributed by atoms with Crippen LogP contribution in [0, 0.1) is 11.8 Å². The molecule has 1 saturated carbocycles. The van der Waals surface area contributed by atoms with Gasteiger partial charge in [-0.1, -0.05) is 27.7 Å². The highest BCUT2D eigenvalue weighted by molar-refractivity contribution is 7.14. The summed E-state index contributed by atoms with van der Waals surface area (Å²) in [5, 5.41) is 19.0. The predicted octanol–water partition coefficient (Wildman–Crippen LogP) is 3.90. The molecule has 1 aromatic rings. The first-order chi connectivity index (χ1) is 11.6. The Bertz CT molecular complexity index is 624. The van der Waals surface area contributed by atoms with Crippen molar-refractivity contribution in [3.05, 3.63) is 15.8 Å². The van der Waals surface area contributed by atoms with E-state index in [-0.39, 0.29) is 35.3 Å². The van der Waals surface area contributed by atoms with Gasteiger partial charge in [0, 0.05) is 17.3 Å². The number of aliphatic hydroxyl groups excluding tert-OH is 1. The second-order valence-corrected chi connectivity index (χ2v) is 9.10. The van der Waals surface area contributed by atoms with E-state index in [1.54, 1.807) is 0 Å². The Morgan fingerprint density at radius 2 is 1.84 bits per heavy atom. The Kier molecular flexibility index (Phi) is 6.27. The Balaban J connectivity index is 2.37.